The molecule has 0 aromatic carbocycles. The molecule has 0 saturated carbocycles. The van der Waals surface area contributed by atoms with Gasteiger partial charge in [-0.3, -0.25) is 4.79 Å². The summed E-state index contributed by atoms with van der Waals surface area (Å²) in [7, 11) is 0. The van der Waals surface area contributed by atoms with E-state index in [2.05, 4.69) is 6.92 Å². The van der Waals surface area contributed by atoms with Gasteiger partial charge < -0.3 is 5.11 Å². The fourth-order valence-corrected chi connectivity index (χ4v) is 2.65. The molecule has 24 heavy (non-hydrogen) atoms. The van der Waals surface area contributed by atoms with Crippen LogP contribution in [0.3, 0.4) is 0 Å². The number of carboxylic acids is 1. The van der Waals surface area contributed by atoms with Crippen molar-refractivity contribution in [1.29, 1.82) is 0 Å². The van der Waals surface area contributed by atoms with Gasteiger partial charge in [0.1, 0.15) is 0 Å². The van der Waals surface area contributed by atoms with Crippen molar-refractivity contribution in [3.05, 3.63) is 0 Å². The van der Waals surface area contributed by atoms with Crippen molar-refractivity contribution in [3.8, 4) is 0 Å². The number of carboxylic acid groups (broad SMARTS) is 1. The zero-order chi connectivity index (χ0) is 17.6. The summed E-state index contributed by atoms with van der Waals surface area (Å²) in [4.78, 5) is 10.3. The molecule has 6 heteroatoms. The van der Waals surface area contributed by atoms with Crippen molar-refractivity contribution in [2.45, 2.75) is 110 Å². The van der Waals surface area contributed by atoms with Crippen LogP contribution in [-0.2, 0) is 4.79 Å². The molecular formula is C18H38CaCl2MgO2. The van der Waals surface area contributed by atoms with Crippen LogP contribution in [0.5, 0.6) is 0 Å². The Morgan fingerprint density at radius 3 is 1.21 bits per heavy atom. The van der Waals surface area contributed by atoms with Gasteiger partial charge in [0.25, 0.3) is 0 Å². The molecule has 0 aromatic heterocycles. The van der Waals surface area contributed by atoms with Crippen molar-refractivity contribution >= 4 is 72.6 Å². The topological polar surface area (TPSA) is 37.3 Å². The number of unbranched alkanes of at least 4 members (excludes halogenated alkanes) is 14. The van der Waals surface area contributed by atoms with Crippen LogP contribution in [0.2, 0.25) is 0 Å². The molecule has 140 valence electrons. The van der Waals surface area contributed by atoms with E-state index in [1.165, 1.54) is 83.5 Å². The number of carbonyl (C=O) groups is 1. The van der Waals surface area contributed by atoms with Crippen LogP contribution >= 0.6 is 12.8 Å². The predicted octanol–water partition coefficient (Wildman–Crippen LogP) is 6.41. The Morgan fingerprint density at radius 1 is 0.708 bits per heavy atom. The van der Waals surface area contributed by atoms with Gasteiger partial charge in [-0.1, -0.05) is 96.8 Å². The summed E-state index contributed by atoms with van der Waals surface area (Å²) >= 11 is -0.931. The molecule has 0 bridgehead atoms. The molecule has 0 aliphatic heterocycles. The molecule has 0 aliphatic carbocycles. The van der Waals surface area contributed by atoms with Crippen LogP contribution in [0.15, 0.2) is 0 Å². The molecule has 0 amide bonds. The molecule has 0 rings (SSSR count). The summed E-state index contributed by atoms with van der Waals surface area (Å²) in [5, 5.41) is 8.52. The van der Waals surface area contributed by atoms with Crippen molar-refractivity contribution in [1.82, 2.24) is 0 Å². The first kappa shape index (κ1) is 30.8. The number of hydrogen-bond donors (Lipinski definition) is 1. The van der Waals surface area contributed by atoms with Crippen molar-refractivity contribution in [3.63, 3.8) is 0 Å². The monoisotopic (exact) mass is 420 g/mol. The maximum Gasteiger partial charge on any atom is 0.316 e. The van der Waals surface area contributed by atoms with E-state index in [9.17, 15) is 4.79 Å². The van der Waals surface area contributed by atoms with Crippen LogP contribution in [0.1, 0.15) is 110 Å². The third kappa shape index (κ3) is 35.2. The minimum absolute atomic E-state index is 0. The molecule has 0 atom stereocenters. The molecule has 0 saturated heterocycles. The van der Waals surface area contributed by atoms with E-state index >= 15 is 0 Å². The molecule has 0 unspecified atom stereocenters. The fraction of sp³-hybridized carbons (Fsp3) is 0.944. The smallest absolute Gasteiger partial charge is 0.316 e. The van der Waals surface area contributed by atoms with Gasteiger partial charge in [0.15, 0.2) is 0 Å². The molecule has 2 nitrogen and oxygen atoms in total. The Hall–Kier alpha value is 2.08. The SMILES string of the molecule is CCCCCCCCCCCCCCCCCC(=O)O.[Cl][Ca][Cl].[MgH2]. The third-order valence-corrected chi connectivity index (χ3v) is 3.99. The van der Waals surface area contributed by atoms with E-state index < -0.39 is 36.8 Å². The van der Waals surface area contributed by atoms with Crippen molar-refractivity contribution < 1.29 is 9.90 Å². The maximum absolute atomic E-state index is 10.3. The second kappa shape index (κ2) is 29.8. The quantitative estimate of drug-likeness (QED) is 0.231. The van der Waals surface area contributed by atoms with E-state index in [0.29, 0.717) is 6.42 Å². The molecule has 1 N–H and O–H groups in total. The molecular weight excluding hydrogens is 383 g/mol. The van der Waals surface area contributed by atoms with Crippen molar-refractivity contribution in [2.24, 2.45) is 0 Å². The first-order valence-corrected chi connectivity index (χ1v) is 15.6. The Labute approximate surface area is 190 Å². The largest absolute Gasteiger partial charge is 0.316 e. The second-order valence-electron chi connectivity index (χ2n) is 6.19. The van der Waals surface area contributed by atoms with E-state index in [4.69, 9.17) is 17.9 Å². The van der Waals surface area contributed by atoms with Gasteiger partial charge in [-0.05, 0) is 6.42 Å². The van der Waals surface area contributed by atoms with Crippen molar-refractivity contribution in [2.75, 3.05) is 0 Å². The minimum Gasteiger partial charge on any atom is 0.316 e. The zero-order valence-electron chi connectivity index (χ0n) is 15.1. The van der Waals surface area contributed by atoms with E-state index in [1.807, 2.05) is 0 Å². The minimum atomic E-state index is -0.931. The first-order valence-electron chi connectivity index (χ1n) is 9.52. The van der Waals surface area contributed by atoms with Crippen LogP contribution < -0.4 is 0 Å². The van der Waals surface area contributed by atoms with Crippen LogP contribution in [0.25, 0.3) is 0 Å². The summed E-state index contributed by atoms with van der Waals surface area (Å²) < 4.78 is 0. The normalized spacial score (nSPS) is 9.46. The van der Waals surface area contributed by atoms with E-state index in [1.54, 1.807) is 0 Å². The summed E-state index contributed by atoms with van der Waals surface area (Å²) in [6.45, 7) is 2.27. The predicted molar refractivity (Wildman–Crippen MR) is 113 cm³/mol. The first-order chi connectivity index (χ1) is 11.2. The van der Waals surface area contributed by atoms with Gasteiger partial charge in [0, 0.05) is 6.42 Å². The second-order valence-corrected chi connectivity index (χ2v) is 9.84. The van der Waals surface area contributed by atoms with Gasteiger partial charge in [-0.15, -0.1) is 0 Å². The van der Waals surface area contributed by atoms with E-state index in [0.717, 1.165) is 12.8 Å². The fourth-order valence-electron chi connectivity index (χ4n) is 2.65. The summed E-state index contributed by atoms with van der Waals surface area (Å²) in [6, 6.07) is 0. The molecule has 0 aliphatic rings. The summed E-state index contributed by atoms with van der Waals surface area (Å²) in [5.74, 6) is -0.653. The van der Waals surface area contributed by atoms with Gasteiger partial charge in [0.05, 0.1) is 0 Å². The average Bonchev–Trinajstić information content (AvgIpc) is 2.51. The Bertz CT molecular complexity index is 235. The number of aliphatic carboxylic acids is 1. The van der Waals surface area contributed by atoms with E-state index in [-0.39, 0.29) is 23.1 Å². The van der Waals surface area contributed by atoms with Gasteiger partial charge in [0.2, 0.25) is 0 Å². The summed E-state index contributed by atoms with van der Waals surface area (Å²) in [6.07, 6.45) is 30.1. The Kier molecular flexibility index (Phi) is 38.3. The maximum atomic E-state index is 10.3. The molecule has 0 radical (unpaired) electrons. The zero-order valence-corrected chi connectivity index (χ0v) is 18.9. The Balaban J connectivity index is -0.00000102. The molecule has 0 aromatic rings. The summed E-state index contributed by atoms with van der Waals surface area (Å²) in [5.41, 5.74) is 0. The number of rotatable bonds is 16. The standard InChI is InChI=1S/C18H36O2.Ca.2ClH.Mg.2H/c1-2-3-4-5-6-7-8-9-10-11-12-13-14-15-16-17-18(19)20;;;;;;/h2-17H2,1H3,(H,19,20);;2*1H;;;/q;+2;;;;;/p-2. The number of halogens is 2. The molecule has 0 fully saturated rings. The number of hydrogen-bond acceptors (Lipinski definition) is 1. The Morgan fingerprint density at radius 2 is 0.958 bits per heavy atom. The van der Waals surface area contributed by atoms with Crippen LogP contribution in [-0.4, -0.2) is 65.0 Å². The van der Waals surface area contributed by atoms with Crippen LogP contribution in [0.4, 0.5) is 0 Å². The van der Waals surface area contributed by atoms with Gasteiger partial charge >= 0.3 is 72.6 Å². The average molecular weight is 422 g/mol. The molecule has 0 spiro atoms. The molecule has 0 heterocycles. The van der Waals surface area contributed by atoms with Gasteiger partial charge in [-0.25, -0.2) is 0 Å². The van der Waals surface area contributed by atoms with Crippen LogP contribution in [0, 0.1) is 0 Å². The van der Waals surface area contributed by atoms with Gasteiger partial charge in [-0.2, -0.15) is 0 Å². The third-order valence-electron chi connectivity index (χ3n) is 3.99.